The number of nitrogens with zero attached hydrogens (tertiary/aromatic N) is 2. The topological polar surface area (TPSA) is 35.6 Å². The Labute approximate surface area is 123 Å². The number of rotatable bonds is 5. The minimum absolute atomic E-state index is 0.395. The van der Waals surface area contributed by atoms with Crippen LogP contribution in [0.4, 0.5) is 0 Å². The maximum atomic E-state index is 12.3. The van der Waals surface area contributed by atoms with Crippen molar-refractivity contribution in [2.24, 2.45) is 11.8 Å². The fourth-order valence-corrected chi connectivity index (χ4v) is 3.54. The summed E-state index contributed by atoms with van der Waals surface area (Å²) in [6, 6.07) is 0. The van der Waals surface area contributed by atoms with Crippen LogP contribution < -0.4 is 5.32 Å². The standard InChI is InChI=1S/C16H31N3O/c1-18(2)13-15-7-11-19(12-8-15)16(20)4-3-14-5-9-17-10-6-14/h14-15,17H,3-13H2,1-2H3. The van der Waals surface area contributed by atoms with Gasteiger partial charge in [-0.2, -0.15) is 0 Å². The van der Waals surface area contributed by atoms with E-state index >= 15 is 0 Å². The van der Waals surface area contributed by atoms with Crippen LogP contribution in [0.3, 0.4) is 0 Å². The van der Waals surface area contributed by atoms with E-state index in [1.807, 2.05) is 0 Å². The van der Waals surface area contributed by atoms with Crippen molar-refractivity contribution >= 4 is 5.91 Å². The maximum absolute atomic E-state index is 12.3. The van der Waals surface area contributed by atoms with Gasteiger partial charge in [-0.15, -0.1) is 0 Å². The first-order valence-electron chi connectivity index (χ1n) is 8.28. The van der Waals surface area contributed by atoms with Crippen molar-refractivity contribution in [2.75, 3.05) is 46.8 Å². The van der Waals surface area contributed by atoms with Crippen LogP contribution in [0.15, 0.2) is 0 Å². The van der Waals surface area contributed by atoms with Crippen LogP contribution in [0, 0.1) is 11.8 Å². The summed E-state index contributed by atoms with van der Waals surface area (Å²) in [6.07, 6.45) is 6.71. The van der Waals surface area contributed by atoms with E-state index in [2.05, 4.69) is 29.2 Å². The highest BCUT2D eigenvalue weighted by Gasteiger charge is 2.23. The molecular formula is C16H31N3O. The third-order valence-electron chi connectivity index (χ3n) is 4.82. The lowest BCUT2D eigenvalue weighted by atomic mass is 9.92. The van der Waals surface area contributed by atoms with Crippen LogP contribution in [0.25, 0.3) is 0 Å². The monoisotopic (exact) mass is 281 g/mol. The molecule has 2 aliphatic rings. The Morgan fingerprint density at radius 2 is 1.75 bits per heavy atom. The van der Waals surface area contributed by atoms with Crippen molar-refractivity contribution in [2.45, 2.75) is 38.5 Å². The zero-order valence-electron chi connectivity index (χ0n) is 13.2. The Bertz CT molecular complexity index is 292. The van der Waals surface area contributed by atoms with Gasteiger partial charge in [-0.1, -0.05) is 0 Å². The highest BCUT2D eigenvalue weighted by atomic mass is 16.2. The van der Waals surface area contributed by atoms with E-state index in [4.69, 9.17) is 0 Å². The van der Waals surface area contributed by atoms with Crippen LogP contribution >= 0.6 is 0 Å². The summed E-state index contributed by atoms with van der Waals surface area (Å²) in [6.45, 7) is 5.38. The third-order valence-corrected chi connectivity index (χ3v) is 4.82. The number of hydrogen-bond donors (Lipinski definition) is 1. The van der Waals surface area contributed by atoms with Crippen LogP contribution in [-0.4, -0.2) is 62.5 Å². The van der Waals surface area contributed by atoms with Crippen LogP contribution in [0.2, 0.25) is 0 Å². The Kier molecular flexibility index (Phi) is 6.30. The van der Waals surface area contributed by atoms with Gasteiger partial charge in [0.1, 0.15) is 0 Å². The summed E-state index contributed by atoms with van der Waals surface area (Å²) < 4.78 is 0. The summed E-state index contributed by atoms with van der Waals surface area (Å²) in [5.41, 5.74) is 0. The van der Waals surface area contributed by atoms with E-state index in [9.17, 15) is 4.79 Å². The lowest BCUT2D eigenvalue weighted by molar-refractivity contribution is -0.133. The second kappa shape index (κ2) is 7.99. The molecule has 0 spiro atoms. The molecule has 0 aliphatic carbocycles. The lowest BCUT2D eigenvalue weighted by Gasteiger charge is -2.33. The molecule has 2 aliphatic heterocycles. The molecule has 2 rings (SSSR count). The Morgan fingerprint density at radius 3 is 2.35 bits per heavy atom. The van der Waals surface area contributed by atoms with Crippen LogP contribution in [-0.2, 0) is 4.79 Å². The van der Waals surface area contributed by atoms with Gasteiger partial charge in [-0.05, 0) is 71.1 Å². The van der Waals surface area contributed by atoms with Crippen molar-refractivity contribution < 1.29 is 4.79 Å². The molecule has 0 aromatic carbocycles. The van der Waals surface area contributed by atoms with E-state index in [1.165, 1.54) is 25.7 Å². The second-order valence-corrected chi connectivity index (χ2v) is 6.82. The first kappa shape index (κ1) is 15.8. The summed E-state index contributed by atoms with van der Waals surface area (Å²) in [7, 11) is 4.27. The first-order valence-corrected chi connectivity index (χ1v) is 8.28. The SMILES string of the molecule is CN(C)CC1CCN(C(=O)CCC2CCNCC2)CC1. The molecule has 0 radical (unpaired) electrons. The molecule has 4 heteroatoms. The van der Waals surface area contributed by atoms with Crippen molar-refractivity contribution in [3.8, 4) is 0 Å². The molecule has 2 fully saturated rings. The van der Waals surface area contributed by atoms with Gasteiger partial charge in [0.05, 0.1) is 0 Å². The third kappa shape index (κ3) is 5.06. The Hall–Kier alpha value is -0.610. The minimum Gasteiger partial charge on any atom is -0.343 e. The molecule has 0 unspecified atom stereocenters. The van der Waals surface area contributed by atoms with Gasteiger partial charge >= 0.3 is 0 Å². The van der Waals surface area contributed by atoms with Gasteiger partial charge < -0.3 is 15.1 Å². The molecule has 1 N–H and O–H groups in total. The van der Waals surface area contributed by atoms with Gasteiger partial charge in [0.15, 0.2) is 0 Å². The molecule has 116 valence electrons. The summed E-state index contributed by atoms with van der Waals surface area (Å²) >= 11 is 0. The zero-order valence-corrected chi connectivity index (χ0v) is 13.2. The van der Waals surface area contributed by atoms with Gasteiger partial charge in [0.2, 0.25) is 5.91 Å². The van der Waals surface area contributed by atoms with Crippen LogP contribution in [0.1, 0.15) is 38.5 Å². The quantitative estimate of drug-likeness (QED) is 0.831. The van der Waals surface area contributed by atoms with E-state index in [0.717, 1.165) is 57.4 Å². The molecule has 0 aromatic heterocycles. The van der Waals surface area contributed by atoms with E-state index in [0.29, 0.717) is 5.91 Å². The number of carbonyl (C=O) groups excluding carboxylic acids is 1. The minimum atomic E-state index is 0.395. The highest BCUT2D eigenvalue weighted by Crippen LogP contribution is 2.21. The van der Waals surface area contributed by atoms with Crippen molar-refractivity contribution in [1.82, 2.24) is 15.1 Å². The molecule has 0 atom stereocenters. The molecule has 0 aromatic rings. The maximum Gasteiger partial charge on any atom is 0.222 e. The van der Waals surface area contributed by atoms with Crippen LogP contribution in [0.5, 0.6) is 0 Å². The number of likely N-dealkylation sites (tertiary alicyclic amines) is 1. The Balaban J connectivity index is 1.64. The number of amides is 1. The zero-order chi connectivity index (χ0) is 14.4. The van der Waals surface area contributed by atoms with Crippen molar-refractivity contribution in [3.63, 3.8) is 0 Å². The fraction of sp³-hybridized carbons (Fsp3) is 0.938. The number of carbonyl (C=O) groups is 1. The average Bonchev–Trinajstić information content (AvgIpc) is 2.46. The molecule has 4 nitrogen and oxygen atoms in total. The molecule has 2 heterocycles. The first-order chi connectivity index (χ1) is 9.65. The smallest absolute Gasteiger partial charge is 0.222 e. The predicted molar refractivity (Wildman–Crippen MR) is 82.7 cm³/mol. The van der Waals surface area contributed by atoms with Crippen molar-refractivity contribution in [3.05, 3.63) is 0 Å². The molecule has 2 saturated heterocycles. The summed E-state index contributed by atoms with van der Waals surface area (Å²) in [4.78, 5) is 16.6. The number of hydrogen-bond acceptors (Lipinski definition) is 3. The number of piperidine rings is 2. The van der Waals surface area contributed by atoms with Crippen molar-refractivity contribution in [1.29, 1.82) is 0 Å². The normalized spacial score (nSPS) is 22.4. The lowest BCUT2D eigenvalue weighted by Crippen LogP contribution is -2.40. The van der Waals surface area contributed by atoms with Gasteiger partial charge in [0.25, 0.3) is 0 Å². The largest absolute Gasteiger partial charge is 0.343 e. The predicted octanol–water partition coefficient (Wildman–Crippen LogP) is 1.57. The number of nitrogens with one attached hydrogen (secondary N) is 1. The average molecular weight is 281 g/mol. The van der Waals surface area contributed by atoms with E-state index in [-0.39, 0.29) is 0 Å². The fourth-order valence-electron chi connectivity index (χ4n) is 3.54. The highest BCUT2D eigenvalue weighted by molar-refractivity contribution is 5.76. The molecule has 1 amide bonds. The second-order valence-electron chi connectivity index (χ2n) is 6.82. The molecule has 0 bridgehead atoms. The van der Waals surface area contributed by atoms with E-state index < -0.39 is 0 Å². The molecular weight excluding hydrogens is 250 g/mol. The summed E-state index contributed by atoms with van der Waals surface area (Å²) in [5.74, 6) is 1.94. The Morgan fingerprint density at radius 1 is 1.10 bits per heavy atom. The van der Waals surface area contributed by atoms with E-state index in [1.54, 1.807) is 0 Å². The van der Waals surface area contributed by atoms with Gasteiger partial charge in [0, 0.05) is 26.1 Å². The van der Waals surface area contributed by atoms with Gasteiger partial charge in [-0.25, -0.2) is 0 Å². The molecule has 0 saturated carbocycles. The summed E-state index contributed by atoms with van der Waals surface area (Å²) in [5, 5.41) is 3.39. The van der Waals surface area contributed by atoms with Gasteiger partial charge in [-0.3, -0.25) is 4.79 Å². The molecule has 20 heavy (non-hydrogen) atoms.